The van der Waals surface area contributed by atoms with Crippen LogP contribution in [0, 0.1) is 10.1 Å². The van der Waals surface area contributed by atoms with Crippen LogP contribution < -0.4 is 9.46 Å². The molecule has 0 aliphatic heterocycles. The fraction of sp³-hybridized carbons (Fsp3) is 0.188. The van der Waals surface area contributed by atoms with Crippen LogP contribution in [0.4, 0.5) is 11.4 Å². The van der Waals surface area contributed by atoms with Gasteiger partial charge < -0.3 is 9.64 Å². The average molecular weight is 379 g/mol. The van der Waals surface area contributed by atoms with E-state index in [1.807, 2.05) is 0 Å². The van der Waals surface area contributed by atoms with Crippen molar-refractivity contribution in [2.75, 3.05) is 25.9 Å². The Morgan fingerprint density at radius 2 is 1.88 bits per heavy atom. The number of nitrogens with one attached hydrogen (secondary N) is 1. The first-order valence-electron chi connectivity index (χ1n) is 7.32. The first-order valence-corrected chi connectivity index (χ1v) is 8.81. The maximum absolute atomic E-state index is 12.6. The number of nitro groups is 1. The molecule has 10 heteroatoms. The Morgan fingerprint density at radius 3 is 2.46 bits per heavy atom. The number of carbonyl (C=O) groups is 1. The minimum atomic E-state index is -4.25. The lowest BCUT2D eigenvalue weighted by molar-refractivity contribution is -0.387. The molecule has 138 valence electrons. The summed E-state index contributed by atoms with van der Waals surface area (Å²) in [5, 5.41) is 11.2. The first-order chi connectivity index (χ1) is 12.2. The Kier molecular flexibility index (Phi) is 5.46. The van der Waals surface area contributed by atoms with Crippen molar-refractivity contribution in [2.45, 2.75) is 4.90 Å². The van der Waals surface area contributed by atoms with Gasteiger partial charge in [-0.05, 0) is 30.3 Å². The average Bonchev–Trinajstić information content (AvgIpc) is 2.60. The van der Waals surface area contributed by atoms with Gasteiger partial charge in [0.1, 0.15) is 5.75 Å². The van der Waals surface area contributed by atoms with E-state index in [9.17, 15) is 23.3 Å². The summed E-state index contributed by atoms with van der Waals surface area (Å²) in [6, 6.07) is 9.28. The molecule has 2 rings (SSSR count). The number of nitro benzene ring substituents is 1. The van der Waals surface area contributed by atoms with Crippen molar-refractivity contribution >= 4 is 27.3 Å². The summed E-state index contributed by atoms with van der Waals surface area (Å²) in [6.07, 6.45) is 0. The Morgan fingerprint density at radius 1 is 1.19 bits per heavy atom. The maximum atomic E-state index is 12.6. The van der Waals surface area contributed by atoms with Crippen molar-refractivity contribution in [2.24, 2.45) is 0 Å². The van der Waals surface area contributed by atoms with Gasteiger partial charge in [0.15, 0.2) is 4.90 Å². The molecule has 0 spiro atoms. The number of amides is 1. The zero-order valence-electron chi connectivity index (χ0n) is 14.3. The molecule has 1 amide bonds. The quantitative estimate of drug-likeness (QED) is 0.606. The van der Waals surface area contributed by atoms with E-state index in [-0.39, 0.29) is 22.9 Å². The van der Waals surface area contributed by atoms with Gasteiger partial charge in [-0.25, -0.2) is 8.42 Å². The maximum Gasteiger partial charge on any atom is 0.293 e. The molecule has 2 aromatic carbocycles. The monoisotopic (exact) mass is 379 g/mol. The third kappa shape index (κ3) is 4.09. The van der Waals surface area contributed by atoms with Crippen LogP contribution in [0.5, 0.6) is 5.75 Å². The second-order valence-corrected chi connectivity index (χ2v) is 7.13. The predicted molar refractivity (Wildman–Crippen MR) is 94.9 cm³/mol. The molecule has 0 radical (unpaired) electrons. The smallest absolute Gasteiger partial charge is 0.293 e. The standard InChI is InChI=1S/C16H17N3O6S/c1-18(2)16(20)11-5-4-6-12(9-11)17-26(23,24)15-8-7-13(25-3)10-14(15)19(21)22/h4-10,17H,1-3H3. The van der Waals surface area contributed by atoms with Crippen molar-refractivity contribution in [1.82, 2.24) is 4.90 Å². The Balaban J connectivity index is 2.43. The largest absolute Gasteiger partial charge is 0.497 e. The van der Waals surface area contributed by atoms with Crippen LogP contribution in [0.3, 0.4) is 0 Å². The minimum absolute atomic E-state index is 0.114. The highest BCUT2D eigenvalue weighted by molar-refractivity contribution is 7.92. The van der Waals surface area contributed by atoms with Crippen molar-refractivity contribution in [3.8, 4) is 5.75 Å². The van der Waals surface area contributed by atoms with Gasteiger partial charge in [0, 0.05) is 25.3 Å². The number of benzene rings is 2. The third-order valence-electron chi connectivity index (χ3n) is 3.42. The van der Waals surface area contributed by atoms with Crippen LogP contribution in [0.25, 0.3) is 0 Å². The molecule has 1 N–H and O–H groups in total. The zero-order chi connectivity index (χ0) is 19.5. The molecule has 0 aliphatic rings. The summed E-state index contributed by atoms with van der Waals surface area (Å²) >= 11 is 0. The molecule has 0 fully saturated rings. The van der Waals surface area contributed by atoms with Gasteiger partial charge in [0.25, 0.3) is 21.6 Å². The van der Waals surface area contributed by atoms with Crippen molar-refractivity contribution in [1.29, 1.82) is 0 Å². The Labute approximate surface area is 150 Å². The molecule has 0 atom stereocenters. The number of nitrogens with zero attached hydrogens (tertiary/aromatic N) is 2. The van der Waals surface area contributed by atoms with Crippen LogP contribution in [0.2, 0.25) is 0 Å². The number of rotatable bonds is 6. The molecule has 0 bridgehead atoms. The van der Waals surface area contributed by atoms with Crippen LogP contribution in [-0.4, -0.2) is 45.4 Å². The Bertz CT molecular complexity index is 956. The summed E-state index contributed by atoms with van der Waals surface area (Å²) < 4.78 is 32.3. The molecule has 0 saturated carbocycles. The van der Waals surface area contributed by atoms with Gasteiger partial charge in [-0.3, -0.25) is 19.6 Å². The molecule has 0 aromatic heterocycles. The van der Waals surface area contributed by atoms with E-state index >= 15 is 0 Å². The lowest BCUT2D eigenvalue weighted by Crippen LogP contribution is -2.22. The van der Waals surface area contributed by atoms with Gasteiger partial charge in [-0.1, -0.05) is 6.07 Å². The van der Waals surface area contributed by atoms with Crippen LogP contribution >= 0.6 is 0 Å². The molecule has 9 nitrogen and oxygen atoms in total. The fourth-order valence-electron chi connectivity index (χ4n) is 2.18. The van der Waals surface area contributed by atoms with Crippen molar-refractivity contribution in [3.05, 3.63) is 58.1 Å². The van der Waals surface area contributed by atoms with Crippen LogP contribution in [0.1, 0.15) is 10.4 Å². The number of ether oxygens (including phenoxy) is 1. The van der Waals surface area contributed by atoms with E-state index in [0.717, 1.165) is 12.1 Å². The highest BCUT2D eigenvalue weighted by atomic mass is 32.2. The molecule has 0 saturated heterocycles. The highest BCUT2D eigenvalue weighted by Crippen LogP contribution is 2.29. The van der Waals surface area contributed by atoms with Crippen molar-refractivity contribution in [3.63, 3.8) is 0 Å². The van der Waals surface area contributed by atoms with E-state index in [1.165, 1.54) is 42.3 Å². The van der Waals surface area contributed by atoms with Gasteiger partial charge in [0.2, 0.25) is 0 Å². The van der Waals surface area contributed by atoms with Crippen molar-refractivity contribution < 1.29 is 22.9 Å². The van der Waals surface area contributed by atoms with E-state index < -0.39 is 25.5 Å². The minimum Gasteiger partial charge on any atom is -0.497 e. The SMILES string of the molecule is COc1ccc(S(=O)(=O)Nc2cccc(C(=O)N(C)C)c2)c([N+](=O)[O-])c1. The molecule has 0 aliphatic carbocycles. The summed E-state index contributed by atoms with van der Waals surface area (Å²) in [5.74, 6) is -0.143. The Hall–Kier alpha value is -3.14. The molecule has 0 heterocycles. The van der Waals surface area contributed by atoms with Gasteiger partial charge >= 0.3 is 0 Å². The number of methoxy groups -OCH3 is 1. The summed E-state index contributed by atoms with van der Waals surface area (Å²) in [5.41, 5.74) is -0.223. The number of sulfonamides is 1. The van der Waals surface area contributed by atoms with Crippen LogP contribution in [0.15, 0.2) is 47.4 Å². The van der Waals surface area contributed by atoms with Gasteiger partial charge in [-0.15, -0.1) is 0 Å². The molecule has 26 heavy (non-hydrogen) atoms. The van der Waals surface area contributed by atoms with Gasteiger partial charge in [-0.2, -0.15) is 0 Å². The first kappa shape index (κ1) is 19.2. The van der Waals surface area contributed by atoms with E-state index in [2.05, 4.69) is 4.72 Å². The number of carbonyl (C=O) groups excluding carboxylic acids is 1. The fourth-order valence-corrected chi connectivity index (χ4v) is 3.38. The summed E-state index contributed by atoms with van der Waals surface area (Å²) in [4.78, 5) is 23.2. The lowest BCUT2D eigenvalue weighted by atomic mass is 10.2. The van der Waals surface area contributed by atoms with Gasteiger partial charge in [0.05, 0.1) is 18.1 Å². The van der Waals surface area contributed by atoms with E-state index in [4.69, 9.17) is 4.74 Å². The normalized spacial score (nSPS) is 10.9. The molecule has 2 aromatic rings. The summed E-state index contributed by atoms with van der Waals surface area (Å²) in [6.45, 7) is 0. The predicted octanol–water partition coefficient (Wildman–Crippen LogP) is 2.11. The number of hydrogen-bond acceptors (Lipinski definition) is 6. The summed E-state index contributed by atoms with van der Waals surface area (Å²) in [7, 11) is 0.208. The van der Waals surface area contributed by atoms with E-state index in [0.29, 0.717) is 0 Å². The zero-order valence-corrected chi connectivity index (χ0v) is 15.1. The second kappa shape index (κ2) is 7.40. The number of hydrogen-bond donors (Lipinski definition) is 1. The lowest BCUT2D eigenvalue weighted by Gasteiger charge is -2.13. The van der Waals surface area contributed by atoms with E-state index in [1.54, 1.807) is 14.1 Å². The molecule has 0 unspecified atom stereocenters. The number of anilines is 1. The second-order valence-electron chi connectivity index (χ2n) is 5.48. The molecular weight excluding hydrogens is 362 g/mol. The third-order valence-corrected chi connectivity index (χ3v) is 4.85. The highest BCUT2D eigenvalue weighted by Gasteiger charge is 2.27. The van der Waals surface area contributed by atoms with Crippen LogP contribution in [-0.2, 0) is 10.0 Å². The molecular formula is C16H17N3O6S. The topological polar surface area (TPSA) is 119 Å².